The van der Waals surface area contributed by atoms with Crippen molar-refractivity contribution in [2.75, 3.05) is 13.1 Å². The maximum atomic E-state index is 12.3. The average molecular weight is 612 g/mol. The third kappa shape index (κ3) is 9.28. The topological polar surface area (TPSA) is 165 Å². The second kappa shape index (κ2) is 14.0. The smallest absolute Gasteiger partial charge is 0.372 e. The molecule has 0 spiro atoms. The molecular weight excluding hydrogens is 571 g/mol. The van der Waals surface area contributed by atoms with Gasteiger partial charge in [0, 0.05) is 38.1 Å². The number of carbonyl (C=O) groups excluding carboxylic acids is 3. The van der Waals surface area contributed by atoms with Crippen LogP contribution in [-0.2, 0) is 26.2 Å². The fraction of sp³-hybridized carbons (Fsp3) is 0.643. The van der Waals surface area contributed by atoms with Gasteiger partial charge in [0.2, 0.25) is 12.3 Å². The van der Waals surface area contributed by atoms with Gasteiger partial charge in [-0.25, -0.2) is 4.52 Å². The van der Waals surface area contributed by atoms with Crippen molar-refractivity contribution < 1.29 is 32.3 Å². The van der Waals surface area contributed by atoms with Gasteiger partial charge in [0.1, 0.15) is 11.6 Å². The van der Waals surface area contributed by atoms with E-state index in [4.69, 9.17) is 14.8 Å². The number of nitrogens with zero attached hydrogens (tertiary/aromatic N) is 5. The van der Waals surface area contributed by atoms with Gasteiger partial charge >= 0.3 is 12.1 Å². The van der Waals surface area contributed by atoms with Crippen LogP contribution in [0.25, 0.3) is 5.52 Å². The molecule has 2 fully saturated rings. The molecule has 3 heterocycles. The maximum absolute atomic E-state index is 12.3. The van der Waals surface area contributed by atoms with E-state index < -0.39 is 18.1 Å². The number of ether oxygens (including phenoxy) is 1. The minimum absolute atomic E-state index is 0.0387. The molecule has 2 aliphatic rings. The number of alkyl halides is 3. The zero-order valence-corrected chi connectivity index (χ0v) is 25.3. The highest BCUT2D eigenvalue weighted by molar-refractivity contribution is 5.79. The first kappa shape index (κ1) is 35.3. The van der Waals surface area contributed by atoms with Crippen LogP contribution in [-0.4, -0.2) is 68.3 Å². The summed E-state index contributed by atoms with van der Waals surface area (Å²) in [5.74, 6) is -1.42. The van der Waals surface area contributed by atoms with E-state index in [1.807, 2.05) is 17.9 Å². The fourth-order valence-corrected chi connectivity index (χ4v) is 4.76. The summed E-state index contributed by atoms with van der Waals surface area (Å²) in [6, 6.07) is 1.03. The highest BCUT2D eigenvalue weighted by Gasteiger charge is 2.40. The van der Waals surface area contributed by atoms with E-state index in [0.717, 1.165) is 25.9 Å². The van der Waals surface area contributed by atoms with Crippen molar-refractivity contribution in [2.24, 2.45) is 24.1 Å². The van der Waals surface area contributed by atoms with Gasteiger partial charge in [0.05, 0.1) is 30.4 Å². The molecule has 1 saturated carbocycles. The second-order valence-corrected chi connectivity index (χ2v) is 11.9. The molecular formula is C28H40F3N7O5. The van der Waals surface area contributed by atoms with E-state index in [2.05, 4.69) is 43.8 Å². The van der Waals surface area contributed by atoms with Crippen LogP contribution in [0.4, 0.5) is 13.2 Å². The Bertz CT molecular complexity index is 1390. The number of rotatable bonds is 7. The largest absolute Gasteiger partial charge is 0.470 e. The number of fused-ring (bicyclic) bond motifs is 1. The number of hydrogen-bond acceptors (Lipinski definition) is 7. The summed E-state index contributed by atoms with van der Waals surface area (Å²) in [5, 5.41) is 15.2. The highest BCUT2D eigenvalue weighted by atomic mass is 19.4. The van der Waals surface area contributed by atoms with Gasteiger partial charge in [-0.1, -0.05) is 20.8 Å². The van der Waals surface area contributed by atoms with Crippen LogP contribution in [0, 0.1) is 22.7 Å². The third-order valence-corrected chi connectivity index (χ3v) is 7.87. The number of aromatic nitrogens is 3. The van der Waals surface area contributed by atoms with Crippen molar-refractivity contribution in [3.8, 4) is 6.07 Å². The van der Waals surface area contributed by atoms with Crippen LogP contribution in [0.2, 0.25) is 0 Å². The van der Waals surface area contributed by atoms with E-state index in [1.165, 1.54) is 21.7 Å². The summed E-state index contributed by atoms with van der Waals surface area (Å²) in [4.78, 5) is 45.8. The zero-order chi connectivity index (χ0) is 32.8. The standard InChI is InChI=1S/C16H29NO2.C10H9N5O2.C2H2F3NO/c1-12-10-17(11-15(12,3)4)14(18)9-13(2)19-16(5)7-6-8-16;1-14-2-3-15-9(10(14)17)7(5-13-15)8(4-11)12-6-16;3-2(4,5)1(6)7/h12-13H,6-11H2,1-5H3;2-3,5-6,8H,1H3,(H,12,16);(H2,6,7)/t12?,13-;;/m1../s1. The van der Waals surface area contributed by atoms with E-state index in [-0.39, 0.29) is 34.1 Å². The predicted molar refractivity (Wildman–Crippen MR) is 150 cm³/mol. The quantitative estimate of drug-likeness (QED) is 0.454. The van der Waals surface area contributed by atoms with Gasteiger partial charge in [-0.15, -0.1) is 0 Å². The molecule has 2 aromatic heterocycles. The van der Waals surface area contributed by atoms with E-state index >= 15 is 0 Å². The SMILES string of the molecule is CC1CN(C(=O)C[C@@H](C)OC2(C)CCC2)CC1(C)C.Cn1ccn2ncc(C(C#N)NC=O)c2c1=O.NC(=O)C(F)(F)F. The Hall–Kier alpha value is -3.93. The lowest BCUT2D eigenvalue weighted by Crippen LogP contribution is -2.41. The number of nitrogens with one attached hydrogen (secondary N) is 1. The summed E-state index contributed by atoms with van der Waals surface area (Å²) in [7, 11) is 1.60. The molecule has 1 aliphatic heterocycles. The number of hydrogen-bond donors (Lipinski definition) is 2. The van der Waals surface area contributed by atoms with E-state index in [1.54, 1.807) is 19.4 Å². The lowest BCUT2D eigenvalue weighted by molar-refractivity contribution is -0.169. The molecule has 0 radical (unpaired) electrons. The van der Waals surface area contributed by atoms with Gasteiger partial charge in [0.15, 0.2) is 0 Å². The van der Waals surface area contributed by atoms with Gasteiger partial charge < -0.3 is 25.3 Å². The average Bonchev–Trinajstić information content (AvgIpc) is 3.44. The number of halogens is 3. The molecule has 12 nitrogen and oxygen atoms in total. The first-order valence-corrected chi connectivity index (χ1v) is 13.8. The van der Waals surface area contributed by atoms with Crippen molar-refractivity contribution in [2.45, 2.75) is 84.2 Å². The number of amides is 3. The first-order valence-electron chi connectivity index (χ1n) is 13.8. The van der Waals surface area contributed by atoms with Gasteiger partial charge in [-0.2, -0.15) is 23.5 Å². The van der Waals surface area contributed by atoms with Gasteiger partial charge in [-0.3, -0.25) is 19.2 Å². The van der Waals surface area contributed by atoms with Crippen LogP contribution in [0.5, 0.6) is 0 Å². The van der Waals surface area contributed by atoms with E-state index in [0.29, 0.717) is 24.3 Å². The molecule has 2 aromatic rings. The number of nitriles is 1. The number of aryl methyl sites for hydroxylation is 1. The third-order valence-electron chi connectivity index (χ3n) is 7.87. The Morgan fingerprint density at radius 2 is 1.91 bits per heavy atom. The lowest BCUT2D eigenvalue weighted by Gasteiger charge is -2.40. The summed E-state index contributed by atoms with van der Waals surface area (Å²) >= 11 is 0. The molecule has 4 rings (SSSR count). The number of primary amides is 1. The molecule has 1 saturated heterocycles. The van der Waals surface area contributed by atoms with Crippen LogP contribution >= 0.6 is 0 Å². The molecule has 1 aliphatic carbocycles. The molecule has 3 atom stereocenters. The minimum atomic E-state index is -4.86. The number of nitrogens with two attached hydrogens (primary N) is 1. The summed E-state index contributed by atoms with van der Waals surface area (Å²) in [6.45, 7) is 12.7. The minimum Gasteiger partial charge on any atom is -0.372 e. The van der Waals surface area contributed by atoms with Crippen LogP contribution < -0.4 is 16.6 Å². The van der Waals surface area contributed by atoms with Gasteiger partial charge in [0.25, 0.3) is 5.56 Å². The molecule has 0 bridgehead atoms. The summed E-state index contributed by atoms with van der Waals surface area (Å²) in [6.07, 6.45) is 4.24. The maximum Gasteiger partial charge on any atom is 0.470 e. The monoisotopic (exact) mass is 611 g/mol. The normalized spacial score (nSPS) is 19.8. The van der Waals surface area contributed by atoms with Crippen LogP contribution in [0.15, 0.2) is 23.4 Å². The van der Waals surface area contributed by atoms with Gasteiger partial charge in [-0.05, 0) is 44.4 Å². The second-order valence-electron chi connectivity index (χ2n) is 11.9. The van der Waals surface area contributed by atoms with Crippen molar-refractivity contribution in [1.82, 2.24) is 24.4 Å². The first-order chi connectivity index (χ1) is 19.8. The zero-order valence-electron chi connectivity index (χ0n) is 25.3. The highest BCUT2D eigenvalue weighted by Crippen LogP contribution is 2.37. The van der Waals surface area contributed by atoms with Crippen molar-refractivity contribution >= 4 is 23.7 Å². The van der Waals surface area contributed by atoms with Crippen molar-refractivity contribution in [3.63, 3.8) is 0 Å². The Morgan fingerprint density at radius 1 is 1.30 bits per heavy atom. The molecule has 238 valence electrons. The molecule has 0 aromatic carbocycles. The van der Waals surface area contributed by atoms with E-state index in [9.17, 15) is 27.6 Å². The Balaban J connectivity index is 0.000000248. The van der Waals surface area contributed by atoms with Crippen LogP contribution in [0.1, 0.15) is 71.9 Å². The predicted octanol–water partition coefficient (Wildman–Crippen LogP) is 2.61. The Morgan fingerprint density at radius 3 is 2.35 bits per heavy atom. The molecule has 3 amide bonds. The number of likely N-dealkylation sites (tertiary alicyclic amines) is 1. The Kier molecular flexibility index (Phi) is 11.5. The van der Waals surface area contributed by atoms with Crippen molar-refractivity contribution in [3.05, 3.63) is 34.5 Å². The number of carbonyl (C=O) groups is 3. The molecule has 3 N–H and O–H groups in total. The molecule has 43 heavy (non-hydrogen) atoms. The molecule has 15 heteroatoms. The lowest BCUT2D eigenvalue weighted by atomic mass is 9.81. The summed E-state index contributed by atoms with van der Waals surface area (Å²) < 4.78 is 40.9. The Labute approximate surface area is 247 Å². The van der Waals surface area contributed by atoms with Crippen LogP contribution in [0.3, 0.4) is 0 Å². The summed E-state index contributed by atoms with van der Waals surface area (Å²) in [5.41, 5.74) is 4.50. The molecule has 2 unspecified atom stereocenters. The fourth-order valence-electron chi connectivity index (χ4n) is 4.76. The van der Waals surface area contributed by atoms with Crippen molar-refractivity contribution in [1.29, 1.82) is 5.26 Å².